The number of fused-ring (bicyclic) bond motifs is 7. The van der Waals surface area contributed by atoms with Crippen LogP contribution in [0.3, 0.4) is 0 Å². The summed E-state index contributed by atoms with van der Waals surface area (Å²) in [7, 11) is 5.85. The first-order valence-corrected chi connectivity index (χ1v) is 19.0. The van der Waals surface area contributed by atoms with Crippen LogP contribution in [0.15, 0.2) is 168 Å². The van der Waals surface area contributed by atoms with Gasteiger partial charge in [-0.05, 0) is 100 Å². The van der Waals surface area contributed by atoms with E-state index in [0.717, 1.165) is 65.7 Å². The minimum absolute atomic E-state index is 0.113. The van der Waals surface area contributed by atoms with Crippen LogP contribution >= 0.6 is 0 Å². The monoisotopic (exact) mass is 746 g/mol. The molecule has 58 heavy (non-hydrogen) atoms. The second kappa shape index (κ2) is 12.7. The van der Waals surface area contributed by atoms with Gasteiger partial charge in [-0.25, -0.2) is 0 Å². The summed E-state index contributed by atoms with van der Waals surface area (Å²) in [6, 6.07) is 55.9. The zero-order chi connectivity index (χ0) is 39.2. The molecule has 0 aliphatic heterocycles. The number of benzene rings is 10. The lowest BCUT2D eigenvalue weighted by Crippen LogP contribution is -2.05. The third kappa shape index (κ3) is 4.72. The molecule has 4 N–H and O–H groups in total. The zero-order valence-corrected chi connectivity index (χ0v) is 30.9. The van der Waals surface area contributed by atoms with Crippen molar-refractivity contribution in [1.82, 2.24) is 0 Å². The van der Waals surface area contributed by atoms with Crippen molar-refractivity contribution in [3.05, 3.63) is 164 Å². The van der Waals surface area contributed by atoms with Gasteiger partial charge in [0.2, 0.25) is 0 Å². The van der Waals surface area contributed by atoms with Gasteiger partial charge in [0.15, 0.2) is 23.0 Å². The first-order valence-electron chi connectivity index (χ1n) is 19.0. The molecule has 0 aliphatic carbocycles. The van der Waals surface area contributed by atoms with Crippen LogP contribution in [0.5, 0.6) is 23.0 Å². The van der Waals surface area contributed by atoms with Gasteiger partial charge >= 0.3 is 0 Å². The summed E-state index contributed by atoms with van der Waals surface area (Å²) < 4.78 is 6.61. The van der Waals surface area contributed by atoms with Crippen molar-refractivity contribution in [2.24, 2.45) is 0 Å². The van der Waals surface area contributed by atoms with E-state index in [4.69, 9.17) is 12.3 Å². The molecule has 1 heterocycles. The molecule has 0 unspecified atom stereocenters. The third-order valence-electron chi connectivity index (χ3n) is 11.7. The fourth-order valence-corrected chi connectivity index (χ4v) is 9.19. The molecule has 11 aromatic rings. The van der Waals surface area contributed by atoms with Crippen LogP contribution in [-0.2, 0) is 0 Å². The normalized spacial score (nSPS) is 11.8. The van der Waals surface area contributed by atoms with Gasteiger partial charge in [-0.1, -0.05) is 146 Å². The molecule has 10 aromatic carbocycles. The molecule has 0 bridgehead atoms. The molecule has 272 valence electrons. The largest absolute Gasteiger partial charge is 0.505 e. The van der Waals surface area contributed by atoms with E-state index in [9.17, 15) is 20.4 Å². The molecule has 0 atom stereocenters. The van der Waals surface area contributed by atoms with E-state index >= 15 is 0 Å². The van der Waals surface area contributed by atoms with Crippen LogP contribution in [0.25, 0.3) is 110 Å². The summed E-state index contributed by atoms with van der Waals surface area (Å²) in [5.74, 6) is -2.65. The van der Waals surface area contributed by atoms with Gasteiger partial charge in [0.25, 0.3) is 0 Å². The van der Waals surface area contributed by atoms with Gasteiger partial charge in [-0.3, -0.25) is 0 Å². The highest BCUT2D eigenvalue weighted by atomic mass is 16.3. The lowest BCUT2D eigenvalue weighted by atomic mass is 9.82. The predicted octanol–water partition coefficient (Wildman–Crippen LogP) is 12.5. The summed E-state index contributed by atoms with van der Waals surface area (Å²) in [5.41, 5.74) is 7.79. The van der Waals surface area contributed by atoms with Crippen molar-refractivity contribution in [3.63, 3.8) is 0 Å². The number of phenols is 4. The van der Waals surface area contributed by atoms with E-state index < -0.39 is 28.5 Å². The molecule has 0 spiro atoms. The summed E-state index contributed by atoms with van der Waals surface area (Å²) >= 11 is 0. The lowest BCUT2D eigenvalue weighted by Gasteiger charge is -2.20. The third-order valence-corrected chi connectivity index (χ3v) is 11.7. The molecule has 0 aliphatic rings. The van der Waals surface area contributed by atoms with Gasteiger partial charge in [0.05, 0.1) is 5.56 Å². The zero-order valence-electron chi connectivity index (χ0n) is 30.9. The van der Waals surface area contributed by atoms with Gasteiger partial charge in [0, 0.05) is 16.3 Å². The maximum atomic E-state index is 11.3. The Morgan fingerprint density at radius 2 is 0.776 bits per heavy atom. The van der Waals surface area contributed by atoms with Crippen molar-refractivity contribution >= 4 is 78.3 Å². The molecular formula is C52H31BO5. The molecule has 0 saturated heterocycles. The Hall–Kier alpha value is -7.70. The van der Waals surface area contributed by atoms with Crippen molar-refractivity contribution in [3.8, 4) is 67.5 Å². The Labute approximate surface area is 333 Å². The second-order valence-electron chi connectivity index (χ2n) is 14.7. The molecular weight excluding hydrogens is 715 g/mol. The summed E-state index contributed by atoms with van der Waals surface area (Å²) in [6.45, 7) is 0. The smallest absolute Gasteiger partial charge is 0.168 e. The fourth-order valence-electron chi connectivity index (χ4n) is 9.19. The van der Waals surface area contributed by atoms with Crippen LogP contribution in [-0.4, -0.2) is 28.3 Å². The van der Waals surface area contributed by atoms with E-state index in [-0.39, 0.29) is 5.56 Å². The highest BCUT2D eigenvalue weighted by molar-refractivity contribution is 6.37. The molecule has 1 aromatic heterocycles. The second-order valence-corrected chi connectivity index (χ2v) is 14.7. The fraction of sp³-hybridized carbons (Fsp3) is 0. The molecule has 0 saturated carbocycles. The number of rotatable bonds is 4. The van der Waals surface area contributed by atoms with E-state index in [1.54, 1.807) is 0 Å². The number of furan rings is 1. The SMILES string of the molecule is [B]c1c(O)c(O)c(-c2c3ccccc3c(-c3cccc4oc5ccc(-c6c7ccccc7c(-c7ccccc7)c7ccccc67)cc5c34)c3ccccc23)c(O)c1O. The minimum Gasteiger partial charge on any atom is -0.505 e. The van der Waals surface area contributed by atoms with Crippen molar-refractivity contribution in [2.75, 3.05) is 0 Å². The molecule has 0 amide bonds. The maximum Gasteiger partial charge on any atom is 0.168 e. The Balaban J connectivity index is 1.23. The Morgan fingerprint density at radius 1 is 0.328 bits per heavy atom. The van der Waals surface area contributed by atoms with Crippen LogP contribution in [0.4, 0.5) is 0 Å². The van der Waals surface area contributed by atoms with Crippen LogP contribution in [0.2, 0.25) is 0 Å². The summed E-state index contributed by atoms with van der Waals surface area (Å²) in [6.07, 6.45) is 0. The van der Waals surface area contributed by atoms with E-state index in [0.29, 0.717) is 16.3 Å². The standard InChI is InChI=1S/C52H31BO5/c53-48-51(56)49(54)47(50(55)52(48)57)46-36-21-10-8-19-34(36)44(35-20-9-11-22-37(35)46)38-23-12-24-41-45(38)39-27-29(25-26-40(39)58-41)43-32-17-6-4-15-30(32)42(28-13-2-1-3-14-28)31-16-5-7-18-33(31)43/h1-27,54-57H. The number of hydrogen-bond acceptors (Lipinski definition) is 5. The van der Waals surface area contributed by atoms with Crippen molar-refractivity contribution in [1.29, 1.82) is 0 Å². The van der Waals surface area contributed by atoms with E-state index in [1.165, 1.54) is 21.9 Å². The number of hydrogen-bond donors (Lipinski definition) is 4. The molecule has 6 heteroatoms. The molecule has 0 fully saturated rings. The first-order chi connectivity index (χ1) is 28.4. The highest BCUT2D eigenvalue weighted by Gasteiger charge is 2.27. The van der Waals surface area contributed by atoms with E-state index in [1.807, 2.05) is 66.7 Å². The first kappa shape index (κ1) is 33.6. The Bertz CT molecular complexity index is 3370. The lowest BCUT2D eigenvalue weighted by molar-refractivity contribution is 0.381. The minimum atomic E-state index is -0.705. The average Bonchev–Trinajstić information content (AvgIpc) is 3.65. The topological polar surface area (TPSA) is 94.1 Å². The molecule has 5 nitrogen and oxygen atoms in total. The highest BCUT2D eigenvalue weighted by Crippen LogP contribution is 2.54. The Kier molecular flexibility index (Phi) is 7.34. The Morgan fingerprint density at radius 3 is 1.29 bits per heavy atom. The molecule has 11 rings (SSSR count). The number of aromatic hydroxyl groups is 4. The molecule has 2 radical (unpaired) electrons. The van der Waals surface area contributed by atoms with Gasteiger partial charge in [-0.2, -0.15) is 0 Å². The van der Waals surface area contributed by atoms with Crippen LogP contribution < -0.4 is 5.46 Å². The average molecular weight is 747 g/mol. The van der Waals surface area contributed by atoms with Crippen LogP contribution in [0, 0.1) is 0 Å². The van der Waals surface area contributed by atoms with Crippen molar-refractivity contribution in [2.45, 2.75) is 0 Å². The van der Waals surface area contributed by atoms with Gasteiger partial charge < -0.3 is 24.8 Å². The summed E-state index contributed by atoms with van der Waals surface area (Å²) in [4.78, 5) is 0. The van der Waals surface area contributed by atoms with Gasteiger partial charge in [-0.15, -0.1) is 0 Å². The van der Waals surface area contributed by atoms with Gasteiger partial charge in [0.1, 0.15) is 19.0 Å². The number of phenolic OH excluding ortho intramolecular Hbond substituents is 4. The van der Waals surface area contributed by atoms with E-state index in [2.05, 4.69) is 97.1 Å². The van der Waals surface area contributed by atoms with Crippen molar-refractivity contribution < 1.29 is 24.8 Å². The maximum absolute atomic E-state index is 11.3. The summed E-state index contributed by atoms with van der Waals surface area (Å²) in [5, 5.41) is 53.7. The quantitative estimate of drug-likeness (QED) is 0.0623. The van der Waals surface area contributed by atoms with Crippen LogP contribution in [0.1, 0.15) is 0 Å². The predicted molar refractivity (Wildman–Crippen MR) is 238 cm³/mol.